The number of nitrogens with one attached hydrogen (secondary N) is 1. The van der Waals surface area contributed by atoms with Crippen LogP contribution in [0.5, 0.6) is 0 Å². The van der Waals surface area contributed by atoms with Gasteiger partial charge in [-0.3, -0.25) is 4.79 Å². The standard InChI is InChI=1S/C17H22N6O3/c24-11-6-22(15-13-14(19-9-18-13)20-10-21-15)3-4-23(7-11)16(25)17-2-1-12(5-17)26-8-17/h9-12,24H,1-8H2,(H,18,19,20,21). The van der Waals surface area contributed by atoms with E-state index in [1.165, 1.54) is 6.33 Å². The van der Waals surface area contributed by atoms with E-state index in [1.807, 2.05) is 9.80 Å². The Morgan fingerprint density at radius 1 is 1.31 bits per heavy atom. The number of H-pyrrole nitrogens is 1. The van der Waals surface area contributed by atoms with E-state index in [9.17, 15) is 9.90 Å². The molecule has 1 amide bonds. The number of imidazole rings is 1. The van der Waals surface area contributed by atoms with Gasteiger partial charge in [-0.2, -0.15) is 0 Å². The number of ether oxygens (including phenoxy) is 1. The minimum absolute atomic E-state index is 0.132. The lowest BCUT2D eigenvalue weighted by molar-refractivity contribution is -0.144. The number of hydrogen-bond donors (Lipinski definition) is 2. The summed E-state index contributed by atoms with van der Waals surface area (Å²) < 4.78 is 5.71. The quantitative estimate of drug-likeness (QED) is 0.774. The molecule has 9 heteroatoms. The van der Waals surface area contributed by atoms with Crippen molar-refractivity contribution in [3.8, 4) is 0 Å². The molecule has 2 saturated heterocycles. The zero-order chi connectivity index (χ0) is 17.7. The Kier molecular flexibility index (Phi) is 3.61. The number of carbonyl (C=O) groups is 1. The molecule has 5 rings (SSSR count). The van der Waals surface area contributed by atoms with Crippen molar-refractivity contribution in [3.05, 3.63) is 12.7 Å². The van der Waals surface area contributed by atoms with E-state index < -0.39 is 6.10 Å². The maximum Gasteiger partial charge on any atom is 0.231 e. The van der Waals surface area contributed by atoms with Crippen LogP contribution in [0.2, 0.25) is 0 Å². The van der Waals surface area contributed by atoms with Crippen molar-refractivity contribution < 1.29 is 14.6 Å². The van der Waals surface area contributed by atoms with Crippen LogP contribution in [0.25, 0.3) is 11.2 Å². The van der Waals surface area contributed by atoms with Crippen molar-refractivity contribution in [2.45, 2.75) is 31.5 Å². The number of anilines is 1. The van der Waals surface area contributed by atoms with Gasteiger partial charge in [-0.15, -0.1) is 0 Å². The molecule has 2 aliphatic heterocycles. The summed E-state index contributed by atoms with van der Waals surface area (Å²) in [5.41, 5.74) is 0.979. The maximum absolute atomic E-state index is 13.2. The molecule has 1 saturated carbocycles. The predicted molar refractivity (Wildman–Crippen MR) is 92.5 cm³/mol. The van der Waals surface area contributed by atoms with Gasteiger partial charge in [0.2, 0.25) is 5.91 Å². The van der Waals surface area contributed by atoms with Gasteiger partial charge in [0, 0.05) is 26.2 Å². The van der Waals surface area contributed by atoms with Gasteiger partial charge >= 0.3 is 0 Å². The highest BCUT2D eigenvalue weighted by Crippen LogP contribution is 2.47. The number of hydrogen-bond acceptors (Lipinski definition) is 7. The molecule has 0 radical (unpaired) electrons. The smallest absolute Gasteiger partial charge is 0.231 e. The van der Waals surface area contributed by atoms with Crippen molar-refractivity contribution in [1.82, 2.24) is 24.8 Å². The fourth-order valence-electron chi connectivity index (χ4n) is 4.58. The second kappa shape index (κ2) is 5.88. The third kappa shape index (κ3) is 2.45. The lowest BCUT2D eigenvalue weighted by Crippen LogP contribution is -2.47. The maximum atomic E-state index is 13.2. The highest BCUT2D eigenvalue weighted by molar-refractivity contribution is 5.85. The summed E-state index contributed by atoms with van der Waals surface area (Å²) in [5, 5.41) is 10.5. The van der Waals surface area contributed by atoms with E-state index >= 15 is 0 Å². The van der Waals surface area contributed by atoms with Crippen molar-refractivity contribution in [1.29, 1.82) is 0 Å². The van der Waals surface area contributed by atoms with Gasteiger partial charge in [-0.25, -0.2) is 15.0 Å². The Morgan fingerprint density at radius 2 is 2.23 bits per heavy atom. The second-order valence-electron chi connectivity index (χ2n) is 7.61. The number of amides is 1. The average Bonchev–Trinajstić information content (AvgIpc) is 3.36. The molecule has 138 valence electrons. The van der Waals surface area contributed by atoms with E-state index in [0.717, 1.165) is 24.8 Å². The monoisotopic (exact) mass is 358 g/mol. The van der Waals surface area contributed by atoms with Crippen LogP contribution in [0.3, 0.4) is 0 Å². The summed E-state index contributed by atoms with van der Waals surface area (Å²) in [6.07, 6.45) is 5.35. The van der Waals surface area contributed by atoms with Crippen LogP contribution < -0.4 is 4.90 Å². The molecule has 3 aliphatic rings. The Hall–Kier alpha value is -2.26. The van der Waals surface area contributed by atoms with Crippen LogP contribution in [0.1, 0.15) is 19.3 Å². The number of aromatic nitrogens is 4. The van der Waals surface area contributed by atoms with E-state index in [-0.39, 0.29) is 17.4 Å². The Balaban J connectivity index is 1.37. The lowest BCUT2D eigenvalue weighted by Gasteiger charge is -2.32. The first-order valence-corrected chi connectivity index (χ1v) is 9.13. The molecule has 3 atom stereocenters. The minimum Gasteiger partial charge on any atom is -0.389 e. The van der Waals surface area contributed by atoms with Crippen molar-refractivity contribution in [2.24, 2.45) is 5.41 Å². The van der Waals surface area contributed by atoms with Crippen LogP contribution in [0.15, 0.2) is 12.7 Å². The van der Waals surface area contributed by atoms with Crippen LogP contribution in [0.4, 0.5) is 5.82 Å². The van der Waals surface area contributed by atoms with Gasteiger partial charge in [-0.1, -0.05) is 0 Å². The average molecular weight is 358 g/mol. The van der Waals surface area contributed by atoms with Gasteiger partial charge in [0.1, 0.15) is 11.8 Å². The highest BCUT2D eigenvalue weighted by Gasteiger charge is 2.53. The number of β-amino-alcohol motifs (C(OH)–C–C–N with tert-alkyl or cyclic N) is 1. The van der Waals surface area contributed by atoms with Crippen molar-refractivity contribution in [2.75, 3.05) is 37.7 Å². The zero-order valence-electron chi connectivity index (χ0n) is 14.5. The van der Waals surface area contributed by atoms with Crippen LogP contribution in [-0.2, 0) is 9.53 Å². The largest absolute Gasteiger partial charge is 0.389 e. The second-order valence-corrected chi connectivity index (χ2v) is 7.61. The Bertz CT molecular complexity index is 831. The molecular formula is C17H22N6O3. The molecule has 26 heavy (non-hydrogen) atoms. The number of fused-ring (bicyclic) bond motifs is 3. The summed E-state index contributed by atoms with van der Waals surface area (Å²) in [7, 11) is 0. The molecule has 4 heterocycles. The van der Waals surface area contributed by atoms with Crippen LogP contribution in [0, 0.1) is 5.41 Å². The number of aromatic amines is 1. The molecule has 2 aromatic heterocycles. The summed E-state index contributed by atoms with van der Waals surface area (Å²) in [4.78, 5) is 32.7. The van der Waals surface area contributed by atoms with Crippen molar-refractivity contribution >= 4 is 22.9 Å². The Labute approximate surface area is 150 Å². The zero-order valence-corrected chi connectivity index (χ0v) is 14.5. The molecule has 2 bridgehead atoms. The first-order chi connectivity index (χ1) is 12.6. The highest BCUT2D eigenvalue weighted by atomic mass is 16.5. The van der Waals surface area contributed by atoms with Gasteiger partial charge in [-0.05, 0) is 19.3 Å². The first kappa shape index (κ1) is 16.0. The molecular weight excluding hydrogens is 336 g/mol. The summed E-state index contributed by atoms with van der Waals surface area (Å²) in [5.74, 6) is 0.844. The molecule has 0 aromatic carbocycles. The van der Waals surface area contributed by atoms with E-state index in [4.69, 9.17) is 4.74 Å². The SMILES string of the molecule is O=C(N1CCN(c2ncnc3nc[nH]c23)CC(O)C1)C12CCC(C1)OC2. The fraction of sp³-hybridized carbons (Fsp3) is 0.647. The van der Waals surface area contributed by atoms with E-state index in [0.29, 0.717) is 44.3 Å². The van der Waals surface area contributed by atoms with Crippen LogP contribution in [-0.4, -0.2) is 80.8 Å². The fourth-order valence-corrected chi connectivity index (χ4v) is 4.58. The number of rotatable bonds is 2. The summed E-state index contributed by atoms with van der Waals surface area (Å²) in [6.45, 7) is 2.45. The number of nitrogens with zero attached hydrogens (tertiary/aromatic N) is 5. The topological polar surface area (TPSA) is 107 Å². The number of aliphatic hydroxyl groups is 1. The van der Waals surface area contributed by atoms with Gasteiger partial charge in [0.15, 0.2) is 11.5 Å². The summed E-state index contributed by atoms with van der Waals surface area (Å²) >= 11 is 0. The molecule has 3 unspecified atom stereocenters. The molecule has 2 aromatic rings. The third-order valence-electron chi connectivity index (χ3n) is 5.90. The van der Waals surface area contributed by atoms with Gasteiger partial charge in [0.25, 0.3) is 0 Å². The van der Waals surface area contributed by atoms with Crippen LogP contribution >= 0.6 is 0 Å². The molecule has 2 N–H and O–H groups in total. The third-order valence-corrected chi connectivity index (χ3v) is 5.90. The van der Waals surface area contributed by atoms with E-state index in [2.05, 4.69) is 19.9 Å². The van der Waals surface area contributed by atoms with Gasteiger partial charge < -0.3 is 24.6 Å². The Morgan fingerprint density at radius 3 is 3.00 bits per heavy atom. The number of aliphatic hydroxyl groups excluding tert-OH is 1. The lowest BCUT2D eigenvalue weighted by atomic mass is 9.86. The first-order valence-electron chi connectivity index (χ1n) is 9.13. The normalized spacial score (nSPS) is 31.6. The summed E-state index contributed by atoms with van der Waals surface area (Å²) in [6, 6.07) is 0. The van der Waals surface area contributed by atoms with Crippen molar-refractivity contribution in [3.63, 3.8) is 0 Å². The predicted octanol–water partition coefficient (Wildman–Crippen LogP) is -0.0685. The minimum atomic E-state index is -0.634. The van der Waals surface area contributed by atoms with Gasteiger partial charge in [0.05, 0.1) is 30.6 Å². The molecule has 1 aliphatic carbocycles. The number of carbonyl (C=O) groups excluding carboxylic acids is 1. The molecule has 0 spiro atoms. The molecule has 3 fully saturated rings. The molecule has 9 nitrogen and oxygen atoms in total. The van der Waals surface area contributed by atoms with E-state index in [1.54, 1.807) is 6.33 Å².